The fourth-order valence-electron chi connectivity index (χ4n) is 1.92. The number of rotatable bonds is 3. The van der Waals surface area contributed by atoms with Crippen LogP contribution < -0.4 is 5.32 Å². The highest BCUT2D eigenvalue weighted by Crippen LogP contribution is 2.39. The quantitative estimate of drug-likeness (QED) is 0.841. The monoisotopic (exact) mass is 375 g/mol. The van der Waals surface area contributed by atoms with Crippen molar-refractivity contribution in [3.63, 3.8) is 0 Å². The summed E-state index contributed by atoms with van der Waals surface area (Å²) in [6.07, 6.45) is 0. The van der Waals surface area contributed by atoms with E-state index < -0.39 is 0 Å². The molecule has 0 spiro atoms. The second-order valence-electron chi connectivity index (χ2n) is 4.39. The van der Waals surface area contributed by atoms with E-state index in [4.69, 9.17) is 46.4 Å². The number of carbonyl (C=O) groups is 1. The summed E-state index contributed by atoms with van der Waals surface area (Å²) in [6.45, 7) is 1.45. The zero-order valence-electron chi connectivity index (χ0n) is 11.3. The average molecular weight is 377 g/mol. The molecule has 0 saturated heterocycles. The lowest BCUT2D eigenvalue weighted by atomic mass is 10.1. The molecule has 0 aliphatic carbocycles. The van der Waals surface area contributed by atoms with Crippen LogP contribution in [-0.2, 0) is 11.5 Å². The second-order valence-corrected chi connectivity index (χ2v) is 5.94. The van der Waals surface area contributed by atoms with Crippen LogP contribution in [-0.4, -0.2) is 10.5 Å². The molecule has 0 aliphatic rings. The summed E-state index contributed by atoms with van der Waals surface area (Å²) in [5, 5.41) is 12.9. The number of halogens is 4. The van der Waals surface area contributed by atoms with Gasteiger partial charge in [-0.1, -0.05) is 52.5 Å². The van der Waals surface area contributed by atoms with Crippen molar-refractivity contribution < 1.29 is 4.79 Å². The fraction of sp³-hybridized carbons (Fsp3) is 0.143. The third-order valence-electron chi connectivity index (χ3n) is 2.93. The van der Waals surface area contributed by atoms with Gasteiger partial charge in [-0.3, -0.25) is 4.79 Å². The number of amides is 1. The molecule has 1 aromatic carbocycles. The molecule has 114 valence electrons. The van der Waals surface area contributed by atoms with Crippen LogP contribution in [0.4, 0.5) is 0 Å². The summed E-state index contributed by atoms with van der Waals surface area (Å²) >= 11 is 24.4. The molecule has 0 aliphatic heterocycles. The molecule has 0 saturated carbocycles. The van der Waals surface area contributed by atoms with Crippen molar-refractivity contribution in [2.24, 2.45) is 0 Å². The average Bonchev–Trinajstić information content (AvgIpc) is 2.70. The molecule has 1 aromatic heterocycles. The van der Waals surface area contributed by atoms with Crippen molar-refractivity contribution in [3.8, 4) is 17.3 Å². The number of nitriles is 1. The van der Waals surface area contributed by atoms with Gasteiger partial charge in [0, 0.05) is 12.5 Å². The maximum atomic E-state index is 11.1. The van der Waals surface area contributed by atoms with Gasteiger partial charge in [0.2, 0.25) is 5.91 Å². The standard InChI is InChI=1S/C14H9Cl4N3O/c1-7(22)20-6-21-13(12(17)9(5-19)14(21)18)8-2-3-10(15)11(16)4-8/h2-4H,6H2,1H3,(H,20,22). The maximum absolute atomic E-state index is 11.1. The van der Waals surface area contributed by atoms with Gasteiger partial charge in [0.1, 0.15) is 16.8 Å². The third kappa shape index (κ3) is 3.18. The molecule has 2 aromatic rings. The van der Waals surface area contributed by atoms with Crippen molar-refractivity contribution in [3.05, 3.63) is 44.0 Å². The van der Waals surface area contributed by atoms with E-state index in [0.29, 0.717) is 21.3 Å². The Hall–Kier alpha value is -1.38. The Morgan fingerprint density at radius 3 is 2.50 bits per heavy atom. The molecule has 8 heteroatoms. The number of benzene rings is 1. The lowest BCUT2D eigenvalue weighted by Gasteiger charge is -2.12. The van der Waals surface area contributed by atoms with Crippen molar-refractivity contribution in [1.82, 2.24) is 9.88 Å². The normalized spacial score (nSPS) is 10.4. The first-order valence-electron chi connectivity index (χ1n) is 6.04. The first kappa shape index (κ1) is 17.0. The van der Waals surface area contributed by atoms with Crippen molar-refractivity contribution in [2.45, 2.75) is 13.6 Å². The minimum Gasteiger partial charge on any atom is -0.338 e. The number of aromatic nitrogens is 1. The van der Waals surface area contributed by atoms with E-state index in [1.807, 2.05) is 6.07 Å². The first-order chi connectivity index (χ1) is 10.4. The molecule has 0 fully saturated rings. The Labute approximate surface area is 147 Å². The predicted octanol–water partition coefficient (Wildman–Crippen LogP) is 4.73. The van der Waals surface area contributed by atoms with Gasteiger partial charge in [-0.15, -0.1) is 0 Å². The number of nitrogens with one attached hydrogen (secondary N) is 1. The summed E-state index contributed by atoms with van der Waals surface area (Å²) in [4.78, 5) is 11.1. The highest BCUT2D eigenvalue weighted by Gasteiger charge is 2.22. The first-order valence-corrected chi connectivity index (χ1v) is 7.55. The van der Waals surface area contributed by atoms with E-state index in [9.17, 15) is 10.1 Å². The molecule has 0 atom stereocenters. The zero-order chi connectivity index (χ0) is 16.4. The molecule has 0 unspecified atom stereocenters. The number of hydrogen-bond acceptors (Lipinski definition) is 2. The molecule has 1 heterocycles. The molecular weight excluding hydrogens is 368 g/mol. The van der Waals surface area contributed by atoms with Crippen LogP contribution in [0, 0.1) is 11.3 Å². The molecule has 1 amide bonds. The van der Waals surface area contributed by atoms with E-state index in [2.05, 4.69) is 5.32 Å². The molecule has 22 heavy (non-hydrogen) atoms. The van der Waals surface area contributed by atoms with E-state index in [-0.39, 0.29) is 28.3 Å². The Balaban J connectivity index is 2.64. The molecule has 1 N–H and O–H groups in total. The predicted molar refractivity (Wildman–Crippen MR) is 88.4 cm³/mol. The topological polar surface area (TPSA) is 57.8 Å². The molecule has 4 nitrogen and oxygen atoms in total. The largest absolute Gasteiger partial charge is 0.338 e. The number of hydrogen-bond donors (Lipinski definition) is 1. The van der Waals surface area contributed by atoms with Crippen molar-refractivity contribution in [1.29, 1.82) is 5.26 Å². The second kappa shape index (κ2) is 6.80. The van der Waals surface area contributed by atoms with Gasteiger partial charge in [-0.05, 0) is 12.1 Å². The fourth-order valence-corrected chi connectivity index (χ4v) is 2.89. The summed E-state index contributed by atoms with van der Waals surface area (Å²) in [5.41, 5.74) is 1.25. The number of nitrogens with zero attached hydrogens (tertiary/aromatic N) is 2. The molecule has 0 bridgehead atoms. The minimum absolute atomic E-state index is 0.0745. The lowest BCUT2D eigenvalue weighted by Crippen LogP contribution is -2.23. The van der Waals surface area contributed by atoms with Crippen LogP contribution in [0.25, 0.3) is 11.3 Å². The Bertz CT molecular complexity index is 792. The van der Waals surface area contributed by atoms with E-state index in [1.165, 1.54) is 11.5 Å². The zero-order valence-corrected chi connectivity index (χ0v) is 14.3. The van der Waals surface area contributed by atoms with Crippen LogP contribution in [0.2, 0.25) is 20.2 Å². The number of carbonyl (C=O) groups excluding carboxylic acids is 1. The van der Waals surface area contributed by atoms with Crippen LogP contribution in [0.5, 0.6) is 0 Å². The minimum atomic E-state index is -0.237. The molecule has 2 rings (SSSR count). The van der Waals surface area contributed by atoms with Crippen LogP contribution >= 0.6 is 46.4 Å². The van der Waals surface area contributed by atoms with Crippen LogP contribution in [0.1, 0.15) is 12.5 Å². The van der Waals surface area contributed by atoms with E-state index >= 15 is 0 Å². The summed E-state index contributed by atoms with van der Waals surface area (Å²) in [7, 11) is 0. The van der Waals surface area contributed by atoms with Gasteiger partial charge in [0.05, 0.1) is 27.4 Å². The van der Waals surface area contributed by atoms with Crippen LogP contribution in [0.15, 0.2) is 18.2 Å². The van der Waals surface area contributed by atoms with Crippen LogP contribution in [0.3, 0.4) is 0 Å². The van der Waals surface area contributed by atoms with Crippen molar-refractivity contribution in [2.75, 3.05) is 0 Å². The maximum Gasteiger partial charge on any atom is 0.218 e. The Morgan fingerprint density at radius 2 is 1.95 bits per heavy atom. The third-order valence-corrected chi connectivity index (χ3v) is 4.43. The summed E-state index contributed by atoms with van der Waals surface area (Å²) in [6, 6.07) is 6.89. The Morgan fingerprint density at radius 1 is 1.27 bits per heavy atom. The van der Waals surface area contributed by atoms with E-state index in [1.54, 1.807) is 18.2 Å². The van der Waals surface area contributed by atoms with Gasteiger partial charge in [-0.2, -0.15) is 5.26 Å². The molecule has 0 radical (unpaired) electrons. The van der Waals surface area contributed by atoms with Gasteiger partial charge in [-0.25, -0.2) is 0 Å². The SMILES string of the molecule is CC(=O)NCn1c(Cl)c(C#N)c(Cl)c1-c1ccc(Cl)c(Cl)c1. The smallest absolute Gasteiger partial charge is 0.218 e. The lowest BCUT2D eigenvalue weighted by molar-refractivity contribution is -0.119. The summed E-state index contributed by atoms with van der Waals surface area (Å²) < 4.78 is 1.53. The molecular formula is C14H9Cl4N3O. The van der Waals surface area contributed by atoms with E-state index in [0.717, 1.165) is 0 Å². The van der Waals surface area contributed by atoms with Gasteiger partial charge in [0.15, 0.2) is 0 Å². The van der Waals surface area contributed by atoms with Gasteiger partial charge < -0.3 is 9.88 Å². The van der Waals surface area contributed by atoms with Crippen molar-refractivity contribution >= 4 is 52.3 Å². The van der Waals surface area contributed by atoms with Gasteiger partial charge in [0.25, 0.3) is 0 Å². The highest BCUT2D eigenvalue weighted by molar-refractivity contribution is 6.42. The highest BCUT2D eigenvalue weighted by atomic mass is 35.5. The Kier molecular flexibility index (Phi) is 5.25. The summed E-state index contributed by atoms with van der Waals surface area (Å²) in [5.74, 6) is -0.237. The van der Waals surface area contributed by atoms with Gasteiger partial charge >= 0.3 is 0 Å².